The highest BCUT2D eigenvalue weighted by atomic mass is 35.5. The third-order valence-corrected chi connectivity index (χ3v) is 5.31. The Morgan fingerprint density at radius 2 is 1.62 bits per heavy atom. The first-order chi connectivity index (χ1) is 11.7. The molecule has 2 nitrogen and oxygen atoms in total. The largest absolute Gasteiger partial charge is 0.302 e. The van der Waals surface area contributed by atoms with Gasteiger partial charge in [-0.2, -0.15) is 5.10 Å². The van der Waals surface area contributed by atoms with E-state index in [2.05, 4.69) is 40.9 Å². The molecule has 1 aliphatic carbocycles. The van der Waals surface area contributed by atoms with E-state index >= 15 is 0 Å². The van der Waals surface area contributed by atoms with Crippen LogP contribution in [0, 0.1) is 5.92 Å². The summed E-state index contributed by atoms with van der Waals surface area (Å²) in [4.78, 5) is 0. The number of nitrogens with zero attached hydrogens (tertiary/aromatic N) is 1. The Labute approximate surface area is 152 Å². The lowest BCUT2D eigenvalue weighted by Crippen LogP contribution is -2.25. The Bertz CT molecular complexity index is 791. The van der Waals surface area contributed by atoms with Crippen LogP contribution in [0.4, 0.5) is 0 Å². The van der Waals surface area contributed by atoms with Crippen molar-refractivity contribution < 1.29 is 0 Å². The molecule has 0 bridgehead atoms. The molecule has 0 unspecified atom stereocenters. The quantitative estimate of drug-likeness (QED) is 0.713. The van der Waals surface area contributed by atoms with Gasteiger partial charge in [0, 0.05) is 16.0 Å². The lowest BCUT2D eigenvalue weighted by atomic mass is 9.78. The van der Waals surface area contributed by atoms with Gasteiger partial charge in [0.2, 0.25) is 0 Å². The minimum atomic E-state index is 0.242. The number of fused-ring (bicyclic) bond motifs is 1. The van der Waals surface area contributed by atoms with E-state index in [1.165, 1.54) is 28.8 Å². The van der Waals surface area contributed by atoms with E-state index in [4.69, 9.17) is 23.2 Å². The van der Waals surface area contributed by atoms with Gasteiger partial charge in [0.25, 0.3) is 0 Å². The molecular weight excluding hydrogens is 339 g/mol. The maximum absolute atomic E-state index is 6.01. The first-order valence-corrected chi connectivity index (χ1v) is 9.01. The van der Waals surface area contributed by atoms with Crippen LogP contribution in [0.25, 0.3) is 6.08 Å². The van der Waals surface area contributed by atoms with E-state index in [9.17, 15) is 0 Å². The molecule has 4 heteroatoms. The van der Waals surface area contributed by atoms with Gasteiger partial charge in [-0.15, -0.1) is 0 Å². The molecule has 1 N–H and O–H groups in total. The predicted octanol–water partition coefficient (Wildman–Crippen LogP) is 5.88. The number of hydrazone groups is 1. The summed E-state index contributed by atoms with van der Waals surface area (Å²) in [6, 6.07) is 16.3. The number of nitrogens with one attached hydrogen (secondary N) is 1. The molecule has 2 aromatic carbocycles. The molecule has 0 aromatic heterocycles. The molecule has 24 heavy (non-hydrogen) atoms. The van der Waals surface area contributed by atoms with Crippen LogP contribution in [0.5, 0.6) is 0 Å². The normalized spacial score (nSPS) is 24.4. The molecule has 0 saturated heterocycles. The van der Waals surface area contributed by atoms with Crippen molar-refractivity contribution >= 4 is 35.0 Å². The van der Waals surface area contributed by atoms with Crippen LogP contribution in [-0.2, 0) is 0 Å². The van der Waals surface area contributed by atoms with Crippen molar-refractivity contribution in [3.05, 3.63) is 75.3 Å². The van der Waals surface area contributed by atoms with Crippen LogP contribution in [0.15, 0.2) is 59.2 Å². The first-order valence-electron chi connectivity index (χ1n) is 8.26. The van der Waals surface area contributed by atoms with Gasteiger partial charge in [0.05, 0.1) is 11.8 Å². The van der Waals surface area contributed by atoms with Crippen molar-refractivity contribution in [2.24, 2.45) is 11.0 Å². The summed E-state index contributed by atoms with van der Waals surface area (Å²) in [5.74, 6) is 0.429. The zero-order valence-corrected chi connectivity index (χ0v) is 14.7. The van der Waals surface area contributed by atoms with Crippen molar-refractivity contribution in [2.45, 2.75) is 25.3 Å². The topological polar surface area (TPSA) is 24.4 Å². The summed E-state index contributed by atoms with van der Waals surface area (Å²) >= 11 is 12.0. The summed E-state index contributed by atoms with van der Waals surface area (Å²) < 4.78 is 0. The Balaban J connectivity index is 1.60. The van der Waals surface area contributed by atoms with Crippen LogP contribution in [-0.4, -0.2) is 5.71 Å². The average molecular weight is 357 g/mol. The highest BCUT2D eigenvalue weighted by Gasteiger charge is 2.36. The highest BCUT2D eigenvalue weighted by molar-refractivity contribution is 6.30. The molecule has 0 spiro atoms. The van der Waals surface area contributed by atoms with Crippen LogP contribution >= 0.6 is 23.2 Å². The number of benzene rings is 2. The van der Waals surface area contributed by atoms with Gasteiger partial charge in [-0.25, -0.2) is 0 Å². The standard InChI is InChI=1S/C20H18Cl2N2/c21-16-8-4-13(5-9-16)12-15-2-1-3-18-19(23-24-20(15)18)14-6-10-17(22)11-7-14/h4-12,18-19,23H,1-3H2/b15-12+/t18-,19+/m0/s1. The van der Waals surface area contributed by atoms with E-state index in [1.54, 1.807) is 0 Å². The van der Waals surface area contributed by atoms with Gasteiger partial charge in [0.1, 0.15) is 0 Å². The summed E-state index contributed by atoms with van der Waals surface area (Å²) in [6.45, 7) is 0. The Morgan fingerprint density at radius 1 is 0.958 bits per heavy atom. The molecule has 1 saturated carbocycles. The number of rotatable bonds is 2. The second kappa shape index (κ2) is 6.62. The van der Waals surface area contributed by atoms with Crippen LogP contribution in [0.1, 0.15) is 36.4 Å². The number of halogens is 2. The van der Waals surface area contributed by atoms with E-state index in [0.717, 1.165) is 22.9 Å². The third-order valence-electron chi connectivity index (χ3n) is 4.81. The third kappa shape index (κ3) is 3.09. The molecule has 4 rings (SSSR count). The van der Waals surface area contributed by atoms with E-state index < -0.39 is 0 Å². The summed E-state index contributed by atoms with van der Waals surface area (Å²) in [5.41, 5.74) is 8.30. The molecule has 2 aliphatic rings. The van der Waals surface area contributed by atoms with E-state index in [-0.39, 0.29) is 6.04 Å². The van der Waals surface area contributed by atoms with Gasteiger partial charge in [-0.3, -0.25) is 0 Å². The lowest BCUT2D eigenvalue weighted by molar-refractivity contribution is 0.451. The number of hydrogen-bond donors (Lipinski definition) is 1. The maximum Gasteiger partial charge on any atom is 0.0773 e. The van der Waals surface area contributed by atoms with Crippen molar-refractivity contribution in [2.75, 3.05) is 0 Å². The minimum Gasteiger partial charge on any atom is -0.302 e. The maximum atomic E-state index is 6.01. The summed E-state index contributed by atoms with van der Waals surface area (Å²) in [7, 11) is 0. The molecule has 2 aromatic rings. The number of allylic oxidation sites excluding steroid dienone is 1. The molecule has 1 heterocycles. The Hall–Kier alpha value is -1.77. The van der Waals surface area contributed by atoms with Crippen molar-refractivity contribution in [1.29, 1.82) is 0 Å². The zero-order valence-electron chi connectivity index (χ0n) is 13.2. The molecular formula is C20H18Cl2N2. The summed E-state index contributed by atoms with van der Waals surface area (Å²) in [5, 5.41) is 6.21. The van der Waals surface area contributed by atoms with Crippen molar-refractivity contribution in [1.82, 2.24) is 5.43 Å². The lowest BCUT2D eigenvalue weighted by Gasteiger charge is -2.26. The molecule has 1 fully saturated rings. The fraction of sp³-hybridized carbons (Fsp3) is 0.250. The van der Waals surface area contributed by atoms with Gasteiger partial charge in [0.15, 0.2) is 0 Å². The van der Waals surface area contributed by atoms with Crippen molar-refractivity contribution in [3.8, 4) is 0 Å². The van der Waals surface area contributed by atoms with Gasteiger partial charge >= 0.3 is 0 Å². The fourth-order valence-corrected chi connectivity index (χ4v) is 3.86. The van der Waals surface area contributed by atoms with Crippen molar-refractivity contribution in [3.63, 3.8) is 0 Å². The minimum absolute atomic E-state index is 0.242. The fourth-order valence-electron chi connectivity index (χ4n) is 3.61. The predicted molar refractivity (Wildman–Crippen MR) is 102 cm³/mol. The first kappa shape index (κ1) is 15.7. The van der Waals surface area contributed by atoms with E-state index in [0.29, 0.717) is 5.92 Å². The molecule has 122 valence electrons. The SMILES string of the molecule is Clc1ccc(/C=C2\CCC[C@@H]3C2=NN[C@@H]3c2ccc(Cl)cc2)cc1. The monoisotopic (exact) mass is 356 g/mol. The number of hydrogen-bond acceptors (Lipinski definition) is 2. The average Bonchev–Trinajstić information content (AvgIpc) is 3.03. The Kier molecular flexibility index (Phi) is 4.34. The van der Waals surface area contributed by atoms with Crippen LogP contribution in [0.2, 0.25) is 10.0 Å². The second-order valence-corrected chi connectivity index (χ2v) is 7.25. The molecule has 0 amide bonds. The molecule has 2 atom stereocenters. The van der Waals surface area contributed by atoms with Gasteiger partial charge in [-0.05, 0) is 66.3 Å². The molecule has 1 aliphatic heterocycles. The smallest absolute Gasteiger partial charge is 0.0773 e. The zero-order chi connectivity index (χ0) is 16.5. The van der Waals surface area contributed by atoms with Crippen LogP contribution < -0.4 is 5.43 Å². The highest BCUT2D eigenvalue weighted by Crippen LogP contribution is 2.39. The second-order valence-electron chi connectivity index (χ2n) is 6.38. The summed E-state index contributed by atoms with van der Waals surface area (Å²) in [6.07, 6.45) is 5.67. The van der Waals surface area contributed by atoms with Crippen LogP contribution in [0.3, 0.4) is 0 Å². The molecule has 0 radical (unpaired) electrons. The Morgan fingerprint density at radius 3 is 2.33 bits per heavy atom. The van der Waals surface area contributed by atoms with Gasteiger partial charge < -0.3 is 5.43 Å². The van der Waals surface area contributed by atoms with Gasteiger partial charge in [-0.1, -0.05) is 47.5 Å². The van der Waals surface area contributed by atoms with E-state index in [1.807, 2.05) is 24.3 Å².